The normalized spacial score (nSPS) is 19.9. The van der Waals surface area contributed by atoms with Crippen molar-refractivity contribution in [2.75, 3.05) is 18.5 Å². The summed E-state index contributed by atoms with van der Waals surface area (Å²) in [5.74, 6) is 0.234. The fourth-order valence-electron chi connectivity index (χ4n) is 6.84. The van der Waals surface area contributed by atoms with Crippen LogP contribution < -0.4 is 10.1 Å². The quantitative estimate of drug-likeness (QED) is 0.376. The number of allylic oxidation sites excluding steroid dienone is 4. The summed E-state index contributed by atoms with van der Waals surface area (Å²) in [4.78, 5) is 42.6. The third-order valence-corrected chi connectivity index (χ3v) is 8.72. The molecule has 0 bridgehead atoms. The smallest absolute Gasteiger partial charge is 0.262 e. The van der Waals surface area contributed by atoms with Gasteiger partial charge in [0.05, 0.1) is 0 Å². The molecule has 0 aromatic heterocycles. The van der Waals surface area contributed by atoms with Gasteiger partial charge in [-0.3, -0.25) is 14.4 Å². The molecule has 0 radical (unpaired) electrons. The van der Waals surface area contributed by atoms with E-state index in [0.717, 1.165) is 70.7 Å². The maximum absolute atomic E-state index is 13.8. The van der Waals surface area contributed by atoms with Gasteiger partial charge in [-0.2, -0.15) is 0 Å². The highest BCUT2D eigenvalue weighted by atomic mass is 16.5. The van der Waals surface area contributed by atoms with Gasteiger partial charge in [0, 0.05) is 53.5 Å². The zero-order valence-electron chi connectivity index (χ0n) is 26.1. The number of ketones is 2. The molecule has 1 N–H and O–H groups in total. The number of ether oxygens (including phenoxy) is 1. The monoisotopic (exact) mass is 568 g/mol. The number of amides is 1. The minimum atomic E-state index is -0.378. The summed E-state index contributed by atoms with van der Waals surface area (Å²) in [5.41, 5.74) is 7.26. The first-order valence-corrected chi connectivity index (χ1v) is 15.2. The van der Waals surface area contributed by atoms with Crippen LogP contribution in [-0.2, 0) is 14.4 Å². The molecule has 6 heteroatoms. The van der Waals surface area contributed by atoms with E-state index in [9.17, 15) is 14.4 Å². The van der Waals surface area contributed by atoms with Crippen LogP contribution in [0.2, 0.25) is 0 Å². The van der Waals surface area contributed by atoms with Gasteiger partial charge in [-0.15, -0.1) is 0 Å². The van der Waals surface area contributed by atoms with Crippen LogP contribution in [0.25, 0.3) is 0 Å². The summed E-state index contributed by atoms with van der Waals surface area (Å²) in [7, 11) is 0. The molecular weight excluding hydrogens is 524 g/mol. The Hall–Kier alpha value is -3.67. The SMILES string of the molecule is CCCN1C2=C(C(=O)CC(C)(C)C2)C(c2ccc(OCC(=O)Nc3cc(C)ccc3C)cc2)C2=C1CC(C)(C)CC2=O. The fourth-order valence-corrected chi connectivity index (χ4v) is 6.84. The summed E-state index contributed by atoms with van der Waals surface area (Å²) in [6.45, 7) is 15.4. The molecular formula is C36H44N2O4. The maximum atomic E-state index is 13.8. The predicted octanol–water partition coefficient (Wildman–Crippen LogP) is 7.42. The number of Topliss-reactive ketones (excluding diaryl/α,β-unsaturated/α-hetero) is 2. The Bertz CT molecular complexity index is 1440. The van der Waals surface area contributed by atoms with E-state index in [2.05, 4.69) is 44.8 Å². The number of benzene rings is 2. The molecule has 1 heterocycles. The van der Waals surface area contributed by atoms with Gasteiger partial charge in [-0.25, -0.2) is 0 Å². The van der Waals surface area contributed by atoms with E-state index in [0.29, 0.717) is 18.6 Å². The summed E-state index contributed by atoms with van der Waals surface area (Å²) < 4.78 is 5.83. The molecule has 1 aliphatic heterocycles. The number of aryl methyl sites for hydroxylation is 2. The van der Waals surface area contributed by atoms with Crippen molar-refractivity contribution in [3.8, 4) is 5.75 Å². The van der Waals surface area contributed by atoms with Crippen molar-refractivity contribution in [2.45, 2.75) is 86.5 Å². The van der Waals surface area contributed by atoms with Gasteiger partial charge in [-0.05, 0) is 78.8 Å². The van der Waals surface area contributed by atoms with E-state index in [4.69, 9.17) is 4.74 Å². The highest BCUT2D eigenvalue weighted by molar-refractivity contribution is 6.06. The zero-order chi connectivity index (χ0) is 30.4. The second-order valence-corrected chi connectivity index (χ2v) is 13.9. The van der Waals surface area contributed by atoms with Gasteiger partial charge in [0.15, 0.2) is 18.2 Å². The van der Waals surface area contributed by atoms with Crippen LogP contribution in [0.15, 0.2) is 65.0 Å². The van der Waals surface area contributed by atoms with Crippen LogP contribution >= 0.6 is 0 Å². The third kappa shape index (κ3) is 5.95. The first-order valence-electron chi connectivity index (χ1n) is 15.2. The average molecular weight is 569 g/mol. The fraction of sp³-hybridized carbons (Fsp3) is 0.472. The minimum absolute atomic E-state index is 0.117. The van der Waals surface area contributed by atoms with Crippen LogP contribution in [0, 0.1) is 24.7 Å². The molecule has 2 aromatic rings. The van der Waals surface area contributed by atoms with Crippen LogP contribution in [-0.4, -0.2) is 35.5 Å². The number of hydrogen-bond acceptors (Lipinski definition) is 5. The molecule has 6 nitrogen and oxygen atoms in total. The topological polar surface area (TPSA) is 75.7 Å². The highest BCUT2D eigenvalue weighted by Crippen LogP contribution is 2.54. The number of carbonyl (C=O) groups is 3. The molecule has 0 atom stereocenters. The lowest BCUT2D eigenvalue weighted by Gasteiger charge is -2.49. The van der Waals surface area contributed by atoms with Crippen molar-refractivity contribution < 1.29 is 19.1 Å². The van der Waals surface area contributed by atoms with Crippen LogP contribution in [0.3, 0.4) is 0 Å². The second-order valence-electron chi connectivity index (χ2n) is 13.9. The molecule has 0 spiro atoms. The van der Waals surface area contributed by atoms with Gasteiger partial charge >= 0.3 is 0 Å². The molecule has 222 valence electrons. The van der Waals surface area contributed by atoms with Crippen LogP contribution in [0.5, 0.6) is 5.75 Å². The Morgan fingerprint density at radius 2 is 1.45 bits per heavy atom. The lowest BCUT2D eigenvalue weighted by Crippen LogP contribution is -2.44. The van der Waals surface area contributed by atoms with Crippen LogP contribution in [0.1, 0.15) is 89.3 Å². The first-order chi connectivity index (χ1) is 19.8. The first kappa shape index (κ1) is 29.8. The largest absolute Gasteiger partial charge is 0.484 e. The van der Waals surface area contributed by atoms with Gasteiger partial charge < -0.3 is 15.0 Å². The number of carbonyl (C=O) groups excluding carboxylic acids is 3. The number of hydrogen-bond donors (Lipinski definition) is 1. The lowest BCUT2D eigenvalue weighted by atomic mass is 9.63. The predicted molar refractivity (Wildman–Crippen MR) is 166 cm³/mol. The van der Waals surface area contributed by atoms with Gasteiger partial charge in [0.25, 0.3) is 5.91 Å². The van der Waals surface area contributed by atoms with Crippen molar-refractivity contribution in [3.05, 3.63) is 81.7 Å². The molecule has 0 saturated heterocycles. The molecule has 0 saturated carbocycles. The van der Waals surface area contributed by atoms with E-state index in [1.807, 2.05) is 56.3 Å². The maximum Gasteiger partial charge on any atom is 0.262 e. The summed E-state index contributed by atoms with van der Waals surface area (Å²) >= 11 is 0. The third-order valence-electron chi connectivity index (χ3n) is 8.72. The summed E-state index contributed by atoms with van der Waals surface area (Å²) in [5, 5.41) is 2.93. The van der Waals surface area contributed by atoms with E-state index < -0.39 is 0 Å². The number of nitrogens with one attached hydrogen (secondary N) is 1. The van der Waals surface area contributed by atoms with E-state index in [1.165, 1.54) is 0 Å². The van der Waals surface area contributed by atoms with Gasteiger partial charge in [0.1, 0.15) is 5.75 Å². The van der Waals surface area contributed by atoms with E-state index in [-0.39, 0.29) is 40.8 Å². The molecule has 1 amide bonds. The number of rotatable bonds is 7. The Morgan fingerprint density at radius 3 is 2.00 bits per heavy atom. The Labute approximate surface area is 250 Å². The lowest BCUT2D eigenvalue weighted by molar-refractivity contribution is -0.120. The standard InChI is InChI=1S/C36H44N2O4/c1-8-15-38-27-17-35(4,5)19-29(39)33(27)32(34-28(38)18-36(6,7)20-30(34)40)24-11-13-25(14-12-24)42-21-31(41)37-26-16-22(2)9-10-23(26)3/h9-14,16,32H,8,15,17-21H2,1-7H3,(H,37,41). The van der Waals surface area contributed by atoms with Gasteiger partial charge in [0.2, 0.25) is 0 Å². The molecule has 2 aromatic carbocycles. The van der Waals surface area contributed by atoms with Crippen molar-refractivity contribution in [1.82, 2.24) is 4.90 Å². The average Bonchev–Trinajstić information content (AvgIpc) is 2.89. The minimum Gasteiger partial charge on any atom is -0.484 e. The summed E-state index contributed by atoms with van der Waals surface area (Å²) in [6, 6.07) is 13.5. The molecule has 42 heavy (non-hydrogen) atoms. The van der Waals surface area contributed by atoms with Gasteiger partial charge in [-0.1, -0.05) is 58.9 Å². The summed E-state index contributed by atoms with van der Waals surface area (Å²) in [6.07, 6.45) is 3.51. The van der Waals surface area contributed by atoms with Crippen LogP contribution in [0.4, 0.5) is 5.69 Å². The second kappa shape index (κ2) is 11.2. The highest BCUT2D eigenvalue weighted by Gasteiger charge is 2.48. The Kier molecular flexibility index (Phi) is 7.95. The molecule has 0 fully saturated rings. The Balaban J connectivity index is 1.45. The molecule has 5 rings (SSSR count). The van der Waals surface area contributed by atoms with Crippen molar-refractivity contribution in [3.63, 3.8) is 0 Å². The molecule has 0 unspecified atom stereocenters. The van der Waals surface area contributed by atoms with E-state index >= 15 is 0 Å². The van der Waals surface area contributed by atoms with Crippen molar-refractivity contribution in [1.29, 1.82) is 0 Å². The zero-order valence-corrected chi connectivity index (χ0v) is 26.1. The van der Waals surface area contributed by atoms with E-state index in [1.54, 1.807) is 0 Å². The van der Waals surface area contributed by atoms with Crippen molar-refractivity contribution >= 4 is 23.2 Å². The molecule has 3 aliphatic rings. The Morgan fingerprint density at radius 1 is 0.881 bits per heavy atom. The van der Waals surface area contributed by atoms with Crippen molar-refractivity contribution in [2.24, 2.45) is 10.8 Å². The number of nitrogens with zero attached hydrogens (tertiary/aromatic N) is 1. The number of anilines is 1. The molecule has 2 aliphatic carbocycles.